The van der Waals surface area contributed by atoms with E-state index in [1.165, 1.54) is 0 Å². The first kappa shape index (κ1) is 18.8. The summed E-state index contributed by atoms with van der Waals surface area (Å²) in [6.07, 6.45) is 3.75. The second-order valence-electron chi connectivity index (χ2n) is 5.98. The molecular formula is C18H26N2O3S. The minimum Gasteiger partial charge on any atom is -0.466 e. The van der Waals surface area contributed by atoms with Gasteiger partial charge in [0.1, 0.15) is 0 Å². The van der Waals surface area contributed by atoms with Gasteiger partial charge in [-0.2, -0.15) is 0 Å². The minimum atomic E-state index is -0.278. The zero-order valence-corrected chi connectivity index (χ0v) is 15.4. The highest BCUT2D eigenvalue weighted by Crippen LogP contribution is 2.22. The Kier molecular flexibility index (Phi) is 7.12. The van der Waals surface area contributed by atoms with Gasteiger partial charge in [-0.15, -0.1) is 11.8 Å². The van der Waals surface area contributed by atoms with Crippen LogP contribution in [0.2, 0.25) is 0 Å². The molecule has 2 rings (SSSR count). The lowest BCUT2D eigenvalue weighted by Crippen LogP contribution is -2.48. The van der Waals surface area contributed by atoms with E-state index in [1.807, 2.05) is 44.4 Å². The zero-order valence-electron chi connectivity index (χ0n) is 14.6. The minimum absolute atomic E-state index is 0.0437. The summed E-state index contributed by atoms with van der Waals surface area (Å²) >= 11 is 1.64. The predicted molar refractivity (Wildman–Crippen MR) is 97.2 cm³/mol. The Bertz CT molecular complexity index is 579. The number of nitrogens with zero attached hydrogens (tertiary/aromatic N) is 1. The van der Waals surface area contributed by atoms with Crippen molar-refractivity contribution in [3.05, 3.63) is 24.3 Å². The van der Waals surface area contributed by atoms with E-state index >= 15 is 0 Å². The first-order valence-electron chi connectivity index (χ1n) is 8.40. The van der Waals surface area contributed by atoms with E-state index in [9.17, 15) is 9.59 Å². The third-order valence-corrected chi connectivity index (χ3v) is 5.06. The normalized spacial score (nSPS) is 19.5. The van der Waals surface area contributed by atoms with E-state index in [-0.39, 0.29) is 23.8 Å². The SMILES string of the molecule is CCOC(=O)C1CCCN(C(C)C(=O)Nc2cccc(SC)c2)C1. The van der Waals surface area contributed by atoms with Crippen LogP contribution in [0.5, 0.6) is 0 Å². The average molecular weight is 350 g/mol. The number of nitrogens with one attached hydrogen (secondary N) is 1. The van der Waals surface area contributed by atoms with Crippen LogP contribution >= 0.6 is 11.8 Å². The number of piperidine rings is 1. The summed E-state index contributed by atoms with van der Waals surface area (Å²) in [5.41, 5.74) is 0.803. The number of ether oxygens (including phenoxy) is 1. The van der Waals surface area contributed by atoms with Crippen molar-refractivity contribution < 1.29 is 14.3 Å². The molecule has 6 heteroatoms. The summed E-state index contributed by atoms with van der Waals surface area (Å²) in [7, 11) is 0. The fraction of sp³-hybridized carbons (Fsp3) is 0.556. The summed E-state index contributed by atoms with van der Waals surface area (Å²) in [5.74, 6) is -0.325. The average Bonchev–Trinajstić information content (AvgIpc) is 2.61. The Morgan fingerprint density at radius 1 is 1.46 bits per heavy atom. The van der Waals surface area contributed by atoms with Gasteiger partial charge >= 0.3 is 5.97 Å². The molecular weight excluding hydrogens is 324 g/mol. The van der Waals surface area contributed by atoms with Gasteiger partial charge in [-0.3, -0.25) is 14.5 Å². The van der Waals surface area contributed by atoms with Crippen molar-refractivity contribution in [2.24, 2.45) is 5.92 Å². The molecule has 132 valence electrons. The molecule has 0 radical (unpaired) electrons. The predicted octanol–water partition coefficient (Wildman–Crippen LogP) is 3.01. The Balaban J connectivity index is 1.95. The molecule has 0 spiro atoms. The van der Waals surface area contributed by atoms with Crippen LogP contribution in [0.25, 0.3) is 0 Å². The number of thioether (sulfide) groups is 1. The maximum Gasteiger partial charge on any atom is 0.310 e. The molecule has 2 unspecified atom stereocenters. The number of hydrogen-bond acceptors (Lipinski definition) is 5. The molecule has 1 fully saturated rings. The van der Waals surface area contributed by atoms with Gasteiger partial charge in [0.25, 0.3) is 0 Å². The van der Waals surface area contributed by atoms with Crippen LogP contribution < -0.4 is 5.32 Å². The number of carbonyl (C=O) groups is 2. The Morgan fingerprint density at radius 3 is 2.96 bits per heavy atom. The first-order chi connectivity index (χ1) is 11.5. The van der Waals surface area contributed by atoms with Crippen molar-refractivity contribution in [2.75, 3.05) is 31.3 Å². The van der Waals surface area contributed by atoms with Crippen LogP contribution in [-0.2, 0) is 14.3 Å². The van der Waals surface area contributed by atoms with Gasteiger partial charge in [0.05, 0.1) is 18.6 Å². The third kappa shape index (κ3) is 4.98. The fourth-order valence-electron chi connectivity index (χ4n) is 2.92. The lowest BCUT2D eigenvalue weighted by molar-refractivity contribution is -0.150. The topological polar surface area (TPSA) is 58.6 Å². The molecule has 0 bridgehead atoms. The van der Waals surface area contributed by atoms with Crippen molar-refractivity contribution in [3.8, 4) is 0 Å². The van der Waals surface area contributed by atoms with Gasteiger partial charge in [0.2, 0.25) is 5.91 Å². The van der Waals surface area contributed by atoms with Crippen molar-refractivity contribution in [1.29, 1.82) is 0 Å². The molecule has 1 aromatic carbocycles. The van der Waals surface area contributed by atoms with Gasteiger partial charge in [-0.05, 0) is 57.7 Å². The lowest BCUT2D eigenvalue weighted by atomic mass is 9.97. The Hall–Kier alpha value is -1.53. The van der Waals surface area contributed by atoms with Gasteiger partial charge in [0.15, 0.2) is 0 Å². The standard InChI is InChI=1S/C18H26N2O3S/c1-4-23-18(22)14-7-6-10-20(12-14)13(2)17(21)19-15-8-5-9-16(11-15)24-3/h5,8-9,11,13-14H,4,6-7,10,12H2,1-3H3,(H,19,21). The van der Waals surface area contributed by atoms with Crippen LogP contribution in [0.15, 0.2) is 29.2 Å². The number of hydrogen-bond donors (Lipinski definition) is 1. The number of likely N-dealkylation sites (tertiary alicyclic amines) is 1. The molecule has 1 aliphatic rings. The monoisotopic (exact) mass is 350 g/mol. The lowest BCUT2D eigenvalue weighted by Gasteiger charge is -2.35. The van der Waals surface area contributed by atoms with Crippen molar-refractivity contribution in [2.45, 2.75) is 37.6 Å². The fourth-order valence-corrected chi connectivity index (χ4v) is 3.38. The second-order valence-corrected chi connectivity index (χ2v) is 6.86. The van der Waals surface area contributed by atoms with E-state index in [0.717, 1.165) is 30.0 Å². The Labute approximate surface area is 148 Å². The van der Waals surface area contributed by atoms with E-state index in [1.54, 1.807) is 11.8 Å². The highest BCUT2D eigenvalue weighted by atomic mass is 32.2. The highest BCUT2D eigenvalue weighted by molar-refractivity contribution is 7.98. The van der Waals surface area contributed by atoms with E-state index in [4.69, 9.17) is 4.74 Å². The molecule has 1 amide bonds. The van der Waals surface area contributed by atoms with Gasteiger partial charge in [-0.25, -0.2) is 0 Å². The molecule has 0 aliphatic carbocycles. The summed E-state index contributed by atoms with van der Waals surface area (Å²) in [6.45, 7) is 5.52. The Morgan fingerprint density at radius 2 is 2.25 bits per heavy atom. The number of rotatable bonds is 6. The maximum absolute atomic E-state index is 12.5. The van der Waals surface area contributed by atoms with Crippen molar-refractivity contribution in [1.82, 2.24) is 4.90 Å². The van der Waals surface area contributed by atoms with Crippen LogP contribution in [0, 0.1) is 5.92 Å². The molecule has 1 N–H and O–H groups in total. The summed E-state index contributed by atoms with van der Waals surface area (Å²) < 4.78 is 5.12. The molecule has 1 heterocycles. The molecule has 1 aromatic rings. The number of amides is 1. The molecule has 2 atom stereocenters. The third-order valence-electron chi connectivity index (χ3n) is 4.34. The quantitative estimate of drug-likeness (QED) is 0.631. The van der Waals surface area contributed by atoms with Crippen LogP contribution in [0.3, 0.4) is 0 Å². The van der Waals surface area contributed by atoms with Gasteiger partial charge in [-0.1, -0.05) is 6.07 Å². The second kappa shape index (κ2) is 9.08. The summed E-state index contributed by atoms with van der Waals surface area (Å²) in [5, 5.41) is 2.97. The van der Waals surface area contributed by atoms with Crippen LogP contribution in [-0.4, -0.2) is 48.8 Å². The number of esters is 1. The molecule has 1 aliphatic heterocycles. The number of benzene rings is 1. The molecule has 1 saturated heterocycles. The van der Waals surface area contributed by atoms with E-state index < -0.39 is 0 Å². The summed E-state index contributed by atoms with van der Waals surface area (Å²) in [6, 6.07) is 7.52. The largest absolute Gasteiger partial charge is 0.466 e. The van der Waals surface area contributed by atoms with Crippen LogP contribution in [0.1, 0.15) is 26.7 Å². The first-order valence-corrected chi connectivity index (χ1v) is 9.63. The van der Waals surface area contributed by atoms with Crippen molar-refractivity contribution >= 4 is 29.3 Å². The molecule has 0 saturated carbocycles. The smallest absolute Gasteiger partial charge is 0.310 e. The molecule has 5 nitrogen and oxygen atoms in total. The number of anilines is 1. The molecule has 0 aromatic heterocycles. The van der Waals surface area contributed by atoms with E-state index in [0.29, 0.717) is 13.2 Å². The van der Waals surface area contributed by atoms with Crippen molar-refractivity contribution in [3.63, 3.8) is 0 Å². The maximum atomic E-state index is 12.5. The van der Waals surface area contributed by atoms with Gasteiger partial charge in [0, 0.05) is 17.1 Å². The van der Waals surface area contributed by atoms with E-state index in [2.05, 4.69) is 10.2 Å². The number of carbonyl (C=O) groups excluding carboxylic acids is 2. The summed E-state index contributed by atoms with van der Waals surface area (Å²) in [4.78, 5) is 27.7. The molecule has 24 heavy (non-hydrogen) atoms. The highest BCUT2D eigenvalue weighted by Gasteiger charge is 2.31. The zero-order chi connectivity index (χ0) is 17.5. The van der Waals surface area contributed by atoms with Gasteiger partial charge < -0.3 is 10.1 Å². The van der Waals surface area contributed by atoms with Crippen LogP contribution in [0.4, 0.5) is 5.69 Å².